The van der Waals surface area contributed by atoms with Crippen LogP contribution < -0.4 is 0 Å². The summed E-state index contributed by atoms with van der Waals surface area (Å²) in [6.45, 7) is 3.76. The largest absolute Gasteiger partial charge is 0.453 e. The van der Waals surface area contributed by atoms with Crippen LogP contribution >= 0.6 is 0 Å². The van der Waals surface area contributed by atoms with Gasteiger partial charge < -0.3 is 9.64 Å². The third-order valence-electron chi connectivity index (χ3n) is 3.02. The number of allylic oxidation sites excluding steroid dienone is 1. The number of methoxy groups -OCH3 is 1. The highest BCUT2D eigenvalue weighted by molar-refractivity contribution is 5.67. The van der Waals surface area contributed by atoms with Crippen LogP contribution in [0.1, 0.15) is 39.0 Å². The van der Waals surface area contributed by atoms with E-state index >= 15 is 0 Å². The minimum atomic E-state index is -0.188. The van der Waals surface area contributed by atoms with Gasteiger partial charge in [0.05, 0.1) is 7.11 Å². The Labute approximate surface area is 98.5 Å². The topological polar surface area (TPSA) is 29.5 Å². The van der Waals surface area contributed by atoms with Crippen molar-refractivity contribution in [3.63, 3.8) is 0 Å². The molecule has 0 bridgehead atoms. The number of hydrogen-bond acceptors (Lipinski definition) is 2. The monoisotopic (exact) mass is 225 g/mol. The molecule has 3 heteroatoms. The molecule has 0 aromatic heterocycles. The maximum Gasteiger partial charge on any atom is 0.409 e. The van der Waals surface area contributed by atoms with Gasteiger partial charge in [-0.1, -0.05) is 25.5 Å². The van der Waals surface area contributed by atoms with E-state index in [9.17, 15) is 4.79 Å². The standard InChI is InChI=1S/C13H23NO2/c1-3-4-10-14(13(15)16-2)11-12-8-6-5-7-9-12/h6,8,12H,3-5,7,9-11H2,1-2H3. The first-order chi connectivity index (χ1) is 7.77. The molecule has 0 N–H and O–H groups in total. The van der Waals surface area contributed by atoms with Crippen LogP contribution in [0.4, 0.5) is 4.79 Å². The number of nitrogens with zero attached hydrogens (tertiary/aromatic N) is 1. The van der Waals surface area contributed by atoms with E-state index in [0.29, 0.717) is 5.92 Å². The molecule has 0 heterocycles. The Kier molecular flexibility index (Phi) is 5.98. The van der Waals surface area contributed by atoms with Gasteiger partial charge in [-0.3, -0.25) is 0 Å². The third-order valence-corrected chi connectivity index (χ3v) is 3.02. The molecule has 1 atom stereocenters. The number of carbonyl (C=O) groups excluding carboxylic acids is 1. The van der Waals surface area contributed by atoms with Gasteiger partial charge in [-0.2, -0.15) is 0 Å². The number of hydrogen-bond donors (Lipinski definition) is 0. The maximum absolute atomic E-state index is 11.6. The molecule has 3 nitrogen and oxygen atoms in total. The van der Waals surface area contributed by atoms with Gasteiger partial charge >= 0.3 is 6.09 Å². The summed E-state index contributed by atoms with van der Waals surface area (Å²) in [6, 6.07) is 0. The smallest absolute Gasteiger partial charge is 0.409 e. The summed E-state index contributed by atoms with van der Waals surface area (Å²) >= 11 is 0. The predicted octanol–water partition coefficient (Wildman–Crippen LogP) is 3.21. The van der Waals surface area contributed by atoms with E-state index in [1.165, 1.54) is 26.4 Å². The molecular weight excluding hydrogens is 202 g/mol. The van der Waals surface area contributed by atoms with Crippen molar-refractivity contribution in [2.45, 2.75) is 39.0 Å². The van der Waals surface area contributed by atoms with E-state index in [2.05, 4.69) is 19.1 Å². The lowest BCUT2D eigenvalue weighted by Gasteiger charge is -2.26. The zero-order chi connectivity index (χ0) is 11.8. The van der Waals surface area contributed by atoms with Gasteiger partial charge in [0.15, 0.2) is 0 Å². The van der Waals surface area contributed by atoms with Crippen LogP contribution in [0, 0.1) is 5.92 Å². The van der Waals surface area contributed by atoms with Crippen molar-refractivity contribution in [1.82, 2.24) is 4.90 Å². The molecule has 0 radical (unpaired) electrons. The van der Waals surface area contributed by atoms with Gasteiger partial charge in [0.1, 0.15) is 0 Å². The Morgan fingerprint density at radius 3 is 2.94 bits per heavy atom. The Bertz CT molecular complexity index is 238. The van der Waals surface area contributed by atoms with Crippen molar-refractivity contribution in [2.75, 3.05) is 20.2 Å². The molecule has 1 aliphatic rings. The van der Waals surface area contributed by atoms with E-state index in [1.54, 1.807) is 0 Å². The van der Waals surface area contributed by atoms with Gasteiger partial charge in [-0.25, -0.2) is 4.79 Å². The molecule has 16 heavy (non-hydrogen) atoms. The Hall–Kier alpha value is -0.990. The van der Waals surface area contributed by atoms with Crippen LogP contribution in [0.25, 0.3) is 0 Å². The molecule has 0 saturated carbocycles. The summed E-state index contributed by atoms with van der Waals surface area (Å²) in [7, 11) is 1.46. The van der Waals surface area contributed by atoms with Gasteiger partial charge in [0, 0.05) is 13.1 Å². The van der Waals surface area contributed by atoms with Crippen molar-refractivity contribution >= 4 is 6.09 Å². The zero-order valence-corrected chi connectivity index (χ0v) is 10.4. The molecule has 1 unspecified atom stereocenters. The van der Waals surface area contributed by atoms with Crippen LogP contribution in [0.15, 0.2) is 12.2 Å². The van der Waals surface area contributed by atoms with Gasteiger partial charge in [-0.15, -0.1) is 0 Å². The lowest BCUT2D eigenvalue weighted by Crippen LogP contribution is -2.36. The number of carbonyl (C=O) groups is 1. The molecule has 0 aliphatic heterocycles. The summed E-state index contributed by atoms with van der Waals surface area (Å²) in [6.07, 6.45) is 10.0. The minimum Gasteiger partial charge on any atom is -0.453 e. The fraction of sp³-hybridized carbons (Fsp3) is 0.769. The van der Waals surface area contributed by atoms with Crippen LogP contribution in [-0.4, -0.2) is 31.2 Å². The number of unbranched alkanes of at least 4 members (excludes halogenated alkanes) is 1. The summed E-state index contributed by atoms with van der Waals surface area (Å²) in [5.74, 6) is 0.518. The van der Waals surface area contributed by atoms with E-state index in [4.69, 9.17) is 4.74 Å². The molecule has 1 rings (SSSR count). The van der Waals surface area contributed by atoms with E-state index < -0.39 is 0 Å². The summed E-state index contributed by atoms with van der Waals surface area (Å²) < 4.78 is 4.81. The first-order valence-electron chi connectivity index (χ1n) is 6.27. The Morgan fingerprint density at radius 2 is 2.38 bits per heavy atom. The molecule has 0 aromatic carbocycles. The van der Waals surface area contributed by atoms with Crippen LogP contribution in [0.5, 0.6) is 0 Å². The number of amides is 1. The van der Waals surface area contributed by atoms with Gasteiger partial charge in [0.25, 0.3) is 0 Å². The Balaban J connectivity index is 2.44. The highest BCUT2D eigenvalue weighted by Gasteiger charge is 2.18. The van der Waals surface area contributed by atoms with Crippen molar-refractivity contribution in [3.05, 3.63) is 12.2 Å². The SMILES string of the molecule is CCCCN(CC1C=CCCC1)C(=O)OC. The highest BCUT2D eigenvalue weighted by Crippen LogP contribution is 2.18. The fourth-order valence-electron chi connectivity index (χ4n) is 2.05. The fourth-order valence-corrected chi connectivity index (χ4v) is 2.05. The second kappa shape index (κ2) is 7.31. The normalized spacial score (nSPS) is 19.5. The van der Waals surface area contributed by atoms with Crippen molar-refractivity contribution < 1.29 is 9.53 Å². The molecule has 0 fully saturated rings. The quantitative estimate of drug-likeness (QED) is 0.672. The number of ether oxygens (including phenoxy) is 1. The second-order valence-corrected chi connectivity index (χ2v) is 4.39. The zero-order valence-electron chi connectivity index (χ0n) is 10.4. The molecule has 0 spiro atoms. The first kappa shape index (κ1) is 13.1. The molecule has 92 valence electrons. The third kappa shape index (κ3) is 4.25. The first-order valence-corrected chi connectivity index (χ1v) is 6.27. The molecular formula is C13H23NO2. The maximum atomic E-state index is 11.6. The molecule has 0 aromatic rings. The molecule has 1 amide bonds. The van der Waals surface area contributed by atoms with Crippen LogP contribution in [0.3, 0.4) is 0 Å². The predicted molar refractivity (Wildman–Crippen MR) is 65.4 cm³/mol. The van der Waals surface area contributed by atoms with Crippen molar-refractivity contribution in [1.29, 1.82) is 0 Å². The summed E-state index contributed by atoms with van der Waals surface area (Å²) in [5, 5.41) is 0. The Morgan fingerprint density at radius 1 is 1.56 bits per heavy atom. The lowest BCUT2D eigenvalue weighted by molar-refractivity contribution is 0.117. The molecule has 1 aliphatic carbocycles. The van der Waals surface area contributed by atoms with Crippen LogP contribution in [-0.2, 0) is 4.74 Å². The molecule has 0 saturated heterocycles. The number of rotatable bonds is 5. The second-order valence-electron chi connectivity index (χ2n) is 4.39. The van der Waals surface area contributed by atoms with E-state index in [-0.39, 0.29) is 6.09 Å². The average Bonchev–Trinajstić information content (AvgIpc) is 2.34. The van der Waals surface area contributed by atoms with Gasteiger partial charge in [-0.05, 0) is 31.6 Å². The summed E-state index contributed by atoms with van der Waals surface area (Å²) in [4.78, 5) is 13.4. The minimum absolute atomic E-state index is 0.188. The average molecular weight is 225 g/mol. The van der Waals surface area contributed by atoms with Crippen LogP contribution in [0.2, 0.25) is 0 Å². The van der Waals surface area contributed by atoms with E-state index in [1.807, 2.05) is 4.90 Å². The summed E-state index contributed by atoms with van der Waals surface area (Å²) in [5.41, 5.74) is 0. The van der Waals surface area contributed by atoms with Crippen molar-refractivity contribution in [3.8, 4) is 0 Å². The lowest BCUT2D eigenvalue weighted by atomic mass is 9.95. The highest BCUT2D eigenvalue weighted by atomic mass is 16.5. The van der Waals surface area contributed by atoms with E-state index in [0.717, 1.165) is 25.9 Å². The van der Waals surface area contributed by atoms with Crippen molar-refractivity contribution in [2.24, 2.45) is 5.92 Å². The van der Waals surface area contributed by atoms with Gasteiger partial charge in [0.2, 0.25) is 0 Å².